The number of halogens is 1. The molecule has 0 aromatic rings. The molecular formula is C19H31FN2O3. The number of unbranched alkanes of at least 4 members (excludes halogenated alkanes) is 1. The molecule has 0 aromatic heterocycles. The van der Waals surface area contributed by atoms with Crippen molar-refractivity contribution in [1.82, 2.24) is 5.32 Å². The van der Waals surface area contributed by atoms with Gasteiger partial charge >= 0.3 is 0 Å². The number of amides is 1. The van der Waals surface area contributed by atoms with Crippen molar-refractivity contribution in [2.75, 3.05) is 13.2 Å². The highest BCUT2D eigenvalue weighted by Crippen LogP contribution is 2.25. The molecule has 0 aliphatic heterocycles. The largest absolute Gasteiger partial charge is 0.483 e. The molecule has 5 nitrogen and oxygen atoms in total. The molecular weight excluding hydrogens is 323 g/mol. The molecule has 6 heteroatoms. The van der Waals surface area contributed by atoms with Crippen molar-refractivity contribution in [2.24, 2.45) is 11.7 Å². The Hall–Kier alpha value is -1.69. The molecule has 1 unspecified atom stereocenters. The van der Waals surface area contributed by atoms with Crippen molar-refractivity contribution < 1.29 is 18.7 Å². The van der Waals surface area contributed by atoms with E-state index in [-0.39, 0.29) is 30.0 Å². The van der Waals surface area contributed by atoms with Crippen LogP contribution >= 0.6 is 0 Å². The van der Waals surface area contributed by atoms with Crippen LogP contribution in [0.15, 0.2) is 23.7 Å². The normalized spacial score (nSPS) is 17.4. The number of hydrogen-bond acceptors (Lipinski definition) is 4. The number of nitrogens with two attached hydrogens (primary N) is 1. The van der Waals surface area contributed by atoms with E-state index < -0.39 is 11.9 Å². The number of ether oxygens (including phenoxy) is 1. The van der Waals surface area contributed by atoms with Gasteiger partial charge < -0.3 is 15.8 Å². The third-order valence-corrected chi connectivity index (χ3v) is 4.50. The van der Waals surface area contributed by atoms with E-state index in [9.17, 15) is 14.0 Å². The van der Waals surface area contributed by atoms with Gasteiger partial charge in [-0.25, -0.2) is 4.39 Å². The summed E-state index contributed by atoms with van der Waals surface area (Å²) >= 11 is 0. The SMILES string of the molecule is C/C=C(F)\C(=C/C)OCC(=O)C(CCCCN)NC(=O)C1CCCC1. The van der Waals surface area contributed by atoms with Crippen molar-refractivity contribution >= 4 is 11.7 Å². The second-order valence-corrected chi connectivity index (χ2v) is 6.37. The maximum Gasteiger partial charge on any atom is 0.223 e. The zero-order chi connectivity index (χ0) is 18.7. The first-order chi connectivity index (χ1) is 12.0. The molecule has 0 heterocycles. The van der Waals surface area contributed by atoms with Gasteiger partial charge in [-0.2, -0.15) is 0 Å². The van der Waals surface area contributed by atoms with Crippen LogP contribution in [0.4, 0.5) is 4.39 Å². The Labute approximate surface area is 149 Å². The summed E-state index contributed by atoms with van der Waals surface area (Å²) in [6.07, 6.45) is 8.68. The summed E-state index contributed by atoms with van der Waals surface area (Å²) in [4.78, 5) is 24.8. The number of hydrogen-bond donors (Lipinski definition) is 2. The first-order valence-corrected chi connectivity index (χ1v) is 9.17. The summed E-state index contributed by atoms with van der Waals surface area (Å²) in [7, 11) is 0. The van der Waals surface area contributed by atoms with Crippen LogP contribution in [0.25, 0.3) is 0 Å². The first kappa shape index (κ1) is 21.4. The molecule has 0 spiro atoms. The lowest BCUT2D eigenvalue weighted by Gasteiger charge is -2.20. The summed E-state index contributed by atoms with van der Waals surface area (Å²) in [5.74, 6) is -0.776. The van der Waals surface area contributed by atoms with E-state index in [1.807, 2.05) is 0 Å². The molecule has 1 fully saturated rings. The summed E-state index contributed by atoms with van der Waals surface area (Å²) < 4.78 is 18.9. The molecule has 3 N–H and O–H groups in total. The van der Waals surface area contributed by atoms with E-state index in [1.165, 1.54) is 12.2 Å². The minimum atomic E-state index is -0.605. The highest BCUT2D eigenvalue weighted by atomic mass is 19.1. The lowest BCUT2D eigenvalue weighted by molar-refractivity contribution is -0.131. The monoisotopic (exact) mass is 354 g/mol. The van der Waals surface area contributed by atoms with E-state index >= 15 is 0 Å². The van der Waals surface area contributed by atoms with Gasteiger partial charge in [0.1, 0.15) is 6.61 Å². The first-order valence-electron chi connectivity index (χ1n) is 9.17. The number of allylic oxidation sites excluding steroid dienone is 3. The van der Waals surface area contributed by atoms with Crippen LogP contribution in [0, 0.1) is 5.92 Å². The highest BCUT2D eigenvalue weighted by Gasteiger charge is 2.27. The number of ketones is 1. The lowest BCUT2D eigenvalue weighted by Crippen LogP contribution is -2.44. The average molecular weight is 354 g/mol. The second-order valence-electron chi connectivity index (χ2n) is 6.37. The molecule has 142 valence electrons. The van der Waals surface area contributed by atoms with Gasteiger partial charge in [0.2, 0.25) is 5.91 Å². The van der Waals surface area contributed by atoms with Crippen molar-refractivity contribution in [1.29, 1.82) is 0 Å². The van der Waals surface area contributed by atoms with Crippen molar-refractivity contribution in [3.63, 3.8) is 0 Å². The molecule has 1 aliphatic carbocycles. The molecule has 0 bridgehead atoms. The van der Waals surface area contributed by atoms with Crippen LogP contribution in [0.5, 0.6) is 0 Å². The maximum absolute atomic E-state index is 13.6. The van der Waals surface area contributed by atoms with Gasteiger partial charge in [0.15, 0.2) is 17.4 Å². The Kier molecular flexibility index (Phi) is 10.1. The number of Topliss-reactive ketones (excluding diaryl/α,β-unsaturated/α-hetero) is 1. The Balaban J connectivity index is 2.63. The molecule has 1 saturated carbocycles. The van der Waals surface area contributed by atoms with Crippen LogP contribution in [0.1, 0.15) is 58.8 Å². The van der Waals surface area contributed by atoms with Gasteiger partial charge in [-0.1, -0.05) is 12.8 Å². The van der Waals surface area contributed by atoms with E-state index in [0.29, 0.717) is 13.0 Å². The predicted octanol–water partition coefficient (Wildman–Crippen LogP) is 3.15. The van der Waals surface area contributed by atoms with Crippen LogP contribution in [0.2, 0.25) is 0 Å². The molecule has 1 rings (SSSR count). The minimum absolute atomic E-state index is 0.00250. The average Bonchev–Trinajstić information content (AvgIpc) is 3.15. The number of carbonyl (C=O) groups is 2. The Morgan fingerprint density at radius 1 is 1.24 bits per heavy atom. The number of carbonyl (C=O) groups excluding carboxylic acids is 2. The lowest BCUT2D eigenvalue weighted by atomic mass is 10.0. The number of nitrogens with one attached hydrogen (secondary N) is 1. The van der Waals surface area contributed by atoms with Crippen LogP contribution in [-0.2, 0) is 14.3 Å². The van der Waals surface area contributed by atoms with Gasteiger partial charge in [0.25, 0.3) is 0 Å². The van der Waals surface area contributed by atoms with E-state index in [1.54, 1.807) is 13.8 Å². The van der Waals surface area contributed by atoms with E-state index in [4.69, 9.17) is 10.5 Å². The Bertz CT molecular complexity index is 497. The summed E-state index contributed by atoms with van der Waals surface area (Å²) in [6.45, 7) is 3.48. The second kappa shape index (κ2) is 11.8. The summed E-state index contributed by atoms with van der Waals surface area (Å²) in [5.41, 5.74) is 5.50. The zero-order valence-corrected chi connectivity index (χ0v) is 15.4. The van der Waals surface area contributed by atoms with E-state index in [2.05, 4.69) is 5.32 Å². The van der Waals surface area contributed by atoms with Gasteiger partial charge in [0, 0.05) is 5.92 Å². The van der Waals surface area contributed by atoms with Crippen LogP contribution in [0.3, 0.4) is 0 Å². The summed E-state index contributed by atoms with van der Waals surface area (Å²) in [6, 6.07) is -0.605. The molecule has 25 heavy (non-hydrogen) atoms. The van der Waals surface area contributed by atoms with E-state index in [0.717, 1.165) is 38.5 Å². The Morgan fingerprint density at radius 2 is 1.92 bits per heavy atom. The standard InChI is InChI=1S/C19H31FN2O3/c1-3-15(20)18(4-2)25-13-17(23)16(11-7-8-12-21)22-19(24)14-9-5-6-10-14/h3-4,14,16H,5-13,21H2,1-2H3,(H,22,24)/b15-3+,18-4+. The van der Waals surface area contributed by atoms with Crippen molar-refractivity contribution in [3.8, 4) is 0 Å². The third-order valence-electron chi connectivity index (χ3n) is 4.50. The molecule has 1 amide bonds. The fourth-order valence-corrected chi connectivity index (χ4v) is 2.97. The maximum atomic E-state index is 13.6. The number of rotatable bonds is 11. The fraction of sp³-hybridized carbons (Fsp3) is 0.684. The summed E-state index contributed by atoms with van der Waals surface area (Å²) in [5, 5.41) is 2.87. The van der Waals surface area contributed by atoms with Gasteiger partial charge in [-0.15, -0.1) is 0 Å². The third kappa shape index (κ3) is 7.38. The van der Waals surface area contributed by atoms with Crippen LogP contribution in [-0.4, -0.2) is 30.9 Å². The molecule has 0 radical (unpaired) electrons. The predicted molar refractivity (Wildman–Crippen MR) is 96.4 cm³/mol. The van der Waals surface area contributed by atoms with Gasteiger partial charge in [0.05, 0.1) is 6.04 Å². The van der Waals surface area contributed by atoms with Crippen LogP contribution < -0.4 is 11.1 Å². The molecule has 0 aromatic carbocycles. The molecule has 1 aliphatic rings. The Morgan fingerprint density at radius 3 is 2.48 bits per heavy atom. The molecule has 0 saturated heterocycles. The highest BCUT2D eigenvalue weighted by molar-refractivity contribution is 5.90. The smallest absolute Gasteiger partial charge is 0.223 e. The molecule has 1 atom stereocenters. The minimum Gasteiger partial charge on any atom is -0.483 e. The van der Waals surface area contributed by atoms with Gasteiger partial charge in [-0.05, 0) is 64.6 Å². The fourth-order valence-electron chi connectivity index (χ4n) is 2.97. The van der Waals surface area contributed by atoms with Crippen molar-refractivity contribution in [2.45, 2.75) is 64.8 Å². The van der Waals surface area contributed by atoms with Gasteiger partial charge in [-0.3, -0.25) is 9.59 Å². The quantitative estimate of drug-likeness (QED) is 0.339. The van der Waals surface area contributed by atoms with Crippen molar-refractivity contribution in [3.05, 3.63) is 23.7 Å². The topological polar surface area (TPSA) is 81.4 Å². The zero-order valence-electron chi connectivity index (χ0n) is 15.4.